The lowest BCUT2D eigenvalue weighted by molar-refractivity contribution is 0.0906. The maximum Gasteiger partial charge on any atom is 0.167 e. The van der Waals surface area contributed by atoms with E-state index in [0.717, 1.165) is 5.56 Å². The fraction of sp³-hybridized carbons (Fsp3) is 0.130. The van der Waals surface area contributed by atoms with Gasteiger partial charge in [-0.1, -0.05) is 71.7 Å². The SMILES string of the molecule is O=C(c1ccccc1)C1C(C(=O)c2ccc(Cl)cc2)C1c1ccccc1Cl. The van der Waals surface area contributed by atoms with E-state index in [1.165, 1.54) is 0 Å². The molecule has 0 radical (unpaired) electrons. The van der Waals surface area contributed by atoms with E-state index >= 15 is 0 Å². The smallest absolute Gasteiger partial charge is 0.167 e. The molecule has 1 fully saturated rings. The summed E-state index contributed by atoms with van der Waals surface area (Å²) in [7, 11) is 0. The molecule has 27 heavy (non-hydrogen) atoms. The van der Waals surface area contributed by atoms with E-state index in [2.05, 4.69) is 0 Å². The van der Waals surface area contributed by atoms with Gasteiger partial charge < -0.3 is 0 Å². The first kappa shape index (κ1) is 18.0. The number of rotatable bonds is 5. The second-order valence-corrected chi connectivity index (χ2v) is 7.54. The lowest BCUT2D eigenvalue weighted by Gasteiger charge is -2.03. The van der Waals surface area contributed by atoms with Crippen LogP contribution in [0.25, 0.3) is 0 Å². The van der Waals surface area contributed by atoms with Crippen LogP contribution in [0.15, 0.2) is 78.9 Å². The van der Waals surface area contributed by atoms with E-state index in [-0.39, 0.29) is 17.5 Å². The maximum absolute atomic E-state index is 13.1. The molecule has 4 rings (SSSR count). The molecule has 0 N–H and O–H groups in total. The lowest BCUT2D eigenvalue weighted by Crippen LogP contribution is -2.09. The molecule has 134 valence electrons. The Kier molecular flexibility index (Phi) is 4.86. The number of benzene rings is 3. The predicted molar refractivity (Wildman–Crippen MR) is 108 cm³/mol. The standard InChI is InChI=1S/C23H16Cl2O2/c24-16-12-10-15(11-13-16)23(27)21-19(17-8-4-5-9-18(17)25)20(21)22(26)14-6-2-1-3-7-14/h1-13,19-21H. The molecule has 3 aromatic carbocycles. The number of carbonyl (C=O) groups excluding carboxylic acids is 2. The van der Waals surface area contributed by atoms with E-state index < -0.39 is 11.8 Å². The number of hydrogen-bond acceptors (Lipinski definition) is 2. The van der Waals surface area contributed by atoms with Crippen LogP contribution in [0.1, 0.15) is 32.2 Å². The van der Waals surface area contributed by atoms with E-state index in [1.54, 1.807) is 42.5 Å². The monoisotopic (exact) mass is 394 g/mol. The molecule has 0 aliphatic heterocycles. The molecule has 0 aromatic heterocycles. The summed E-state index contributed by atoms with van der Waals surface area (Å²) in [4.78, 5) is 26.2. The van der Waals surface area contributed by atoms with Gasteiger partial charge in [-0.3, -0.25) is 9.59 Å². The van der Waals surface area contributed by atoms with Crippen LogP contribution in [0, 0.1) is 11.8 Å². The Balaban J connectivity index is 1.71. The summed E-state index contributed by atoms with van der Waals surface area (Å²) in [5, 5.41) is 1.15. The van der Waals surface area contributed by atoms with Crippen molar-refractivity contribution in [3.05, 3.63) is 106 Å². The number of Topliss-reactive ketones (excluding diaryl/α,β-unsaturated/α-hetero) is 2. The molecule has 0 amide bonds. The molecule has 2 nitrogen and oxygen atoms in total. The van der Waals surface area contributed by atoms with Gasteiger partial charge in [-0.15, -0.1) is 0 Å². The summed E-state index contributed by atoms with van der Waals surface area (Å²) in [6, 6.07) is 23.3. The van der Waals surface area contributed by atoms with Crippen LogP contribution < -0.4 is 0 Å². The third-order valence-corrected chi connectivity index (χ3v) is 5.67. The Bertz CT molecular complexity index is 996. The fourth-order valence-corrected chi connectivity index (χ4v) is 4.08. The zero-order valence-corrected chi connectivity index (χ0v) is 15.8. The Morgan fingerprint density at radius 1 is 0.630 bits per heavy atom. The Hall–Kier alpha value is -2.42. The third-order valence-electron chi connectivity index (χ3n) is 5.08. The first-order valence-electron chi connectivity index (χ1n) is 8.71. The van der Waals surface area contributed by atoms with Crippen molar-refractivity contribution in [2.75, 3.05) is 0 Å². The molecular weight excluding hydrogens is 379 g/mol. The van der Waals surface area contributed by atoms with Gasteiger partial charge in [0.15, 0.2) is 11.6 Å². The molecule has 1 saturated carbocycles. The highest BCUT2D eigenvalue weighted by Crippen LogP contribution is 2.58. The van der Waals surface area contributed by atoms with Gasteiger partial charge in [0, 0.05) is 38.9 Å². The van der Waals surface area contributed by atoms with Gasteiger partial charge >= 0.3 is 0 Å². The molecule has 3 atom stereocenters. The van der Waals surface area contributed by atoms with Gasteiger partial charge in [0.25, 0.3) is 0 Å². The van der Waals surface area contributed by atoms with Gasteiger partial charge in [0.1, 0.15) is 0 Å². The summed E-state index contributed by atoms with van der Waals surface area (Å²) >= 11 is 12.3. The normalized spacial score (nSPS) is 20.9. The van der Waals surface area contributed by atoms with Gasteiger partial charge in [-0.25, -0.2) is 0 Å². The highest BCUT2D eigenvalue weighted by atomic mass is 35.5. The Morgan fingerprint density at radius 2 is 1.15 bits per heavy atom. The average Bonchev–Trinajstić information content (AvgIpc) is 3.43. The molecule has 4 heteroatoms. The Labute approximate surface area is 167 Å². The van der Waals surface area contributed by atoms with Crippen LogP contribution in [-0.4, -0.2) is 11.6 Å². The van der Waals surface area contributed by atoms with Crippen molar-refractivity contribution in [3.8, 4) is 0 Å². The third kappa shape index (κ3) is 3.43. The Morgan fingerprint density at radius 3 is 1.74 bits per heavy atom. The van der Waals surface area contributed by atoms with Crippen molar-refractivity contribution in [2.24, 2.45) is 11.8 Å². The quantitative estimate of drug-likeness (QED) is 0.490. The number of hydrogen-bond donors (Lipinski definition) is 0. The minimum Gasteiger partial charge on any atom is -0.294 e. The molecule has 0 spiro atoms. The van der Waals surface area contributed by atoms with E-state index in [1.807, 2.05) is 36.4 Å². The van der Waals surface area contributed by atoms with Crippen molar-refractivity contribution in [2.45, 2.75) is 5.92 Å². The van der Waals surface area contributed by atoms with Gasteiger partial charge in [-0.05, 0) is 35.9 Å². The van der Waals surface area contributed by atoms with Crippen LogP contribution >= 0.6 is 23.2 Å². The van der Waals surface area contributed by atoms with Crippen molar-refractivity contribution >= 4 is 34.8 Å². The lowest BCUT2D eigenvalue weighted by atomic mass is 10.0. The molecule has 1 aliphatic carbocycles. The fourth-order valence-electron chi connectivity index (χ4n) is 3.70. The van der Waals surface area contributed by atoms with Crippen molar-refractivity contribution in [1.29, 1.82) is 0 Å². The highest BCUT2D eigenvalue weighted by Gasteiger charge is 2.59. The summed E-state index contributed by atoms with van der Waals surface area (Å²) in [5.74, 6) is -1.11. The molecule has 1 aliphatic rings. The molecule has 3 unspecified atom stereocenters. The topological polar surface area (TPSA) is 34.1 Å². The summed E-state index contributed by atoms with van der Waals surface area (Å²) in [5.41, 5.74) is 2.02. The molecule has 0 heterocycles. The average molecular weight is 395 g/mol. The van der Waals surface area contributed by atoms with Crippen LogP contribution in [0.4, 0.5) is 0 Å². The number of carbonyl (C=O) groups is 2. The van der Waals surface area contributed by atoms with Gasteiger partial charge in [0.05, 0.1) is 0 Å². The van der Waals surface area contributed by atoms with E-state index in [4.69, 9.17) is 23.2 Å². The minimum atomic E-state index is -0.418. The van der Waals surface area contributed by atoms with E-state index in [0.29, 0.717) is 21.2 Å². The molecule has 0 saturated heterocycles. The molecule has 3 aromatic rings. The summed E-state index contributed by atoms with van der Waals surface area (Å²) in [6.45, 7) is 0. The first-order chi connectivity index (χ1) is 13.1. The zero-order chi connectivity index (χ0) is 19.0. The summed E-state index contributed by atoms with van der Waals surface area (Å²) < 4.78 is 0. The van der Waals surface area contributed by atoms with Gasteiger partial charge in [0.2, 0.25) is 0 Å². The van der Waals surface area contributed by atoms with Crippen LogP contribution in [0.5, 0.6) is 0 Å². The second-order valence-electron chi connectivity index (χ2n) is 6.70. The van der Waals surface area contributed by atoms with Gasteiger partial charge in [-0.2, -0.15) is 0 Å². The maximum atomic E-state index is 13.1. The number of ketones is 2. The first-order valence-corrected chi connectivity index (χ1v) is 9.47. The summed E-state index contributed by atoms with van der Waals surface area (Å²) in [6.07, 6.45) is 0. The van der Waals surface area contributed by atoms with E-state index in [9.17, 15) is 9.59 Å². The van der Waals surface area contributed by atoms with Crippen LogP contribution in [-0.2, 0) is 0 Å². The minimum absolute atomic E-state index is 0.0205. The largest absolute Gasteiger partial charge is 0.294 e. The molecule has 0 bridgehead atoms. The van der Waals surface area contributed by atoms with Crippen LogP contribution in [0.3, 0.4) is 0 Å². The highest BCUT2D eigenvalue weighted by molar-refractivity contribution is 6.31. The van der Waals surface area contributed by atoms with Crippen molar-refractivity contribution in [3.63, 3.8) is 0 Å². The second kappa shape index (κ2) is 7.30. The van der Waals surface area contributed by atoms with Crippen LogP contribution in [0.2, 0.25) is 10.0 Å². The number of halogens is 2. The molecular formula is C23H16Cl2O2. The zero-order valence-electron chi connectivity index (χ0n) is 14.3. The van der Waals surface area contributed by atoms with Crippen molar-refractivity contribution in [1.82, 2.24) is 0 Å². The van der Waals surface area contributed by atoms with Crippen molar-refractivity contribution < 1.29 is 9.59 Å². The predicted octanol–water partition coefficient (Wildman–Crippen LogP) is 6.09.